The number of benzene rings is 2. The van der Waals surface area contributed by atoms with Crippen molar-refractivity contribution in [3.63, 3.8) is 0 Å². The summed E-state index contributed by atoms with van der Waals surface area (Å²) < 4.78 is 0.842. The van der Waals surface area contributed by atoms with Gasteiger partial charge in [-0.25, -0.2) is 5.43 Å². The van der Waals surface area contributed by atoms with Crippen molar-refractivity contribution in [2.75, 3.05) is 5.32 Å². The molecule has 0 atom stereocenters. The van der Waals surface area contributed by atoms with Crippen molar-refractivity contribution < 1.29 is 14.5 Å². The number of anilines is 1. The molecule has 140 valence electrons. The van der Waals surface area contributed by atoms with Crippen molar-refractivity contribution in [3.05, 3.63) is 68.7 Å². The van der Waals surface area contributed by atoms with Gasteiger partial charge in [0.05, 0.1) is 10.6 Å². The summed E-state index contributed by atoms with van der Waals surface area (Å²) in [6, 6.07) is 13.0. The Bertz CT molecular complexity index is 881. The Hall–Kier alpha value is -3.07. The molecule has 0 aliphatic heterocycles. The van der Waals surface area contributed by atoms with Gasteiger partial charge in [-0.3, -0.25) is 19.7 Å². The van der Waals surface area contributed by atoms with Gasteiger partial charge in [0.15, 0.2) is 0 Å². The van der Waals surface area contributed by atoms with E-state index in [1.807, 2.05) is 6.07 Å². The van der Waals surface area contributed by atoms with Gasteiger partial charge >= 0.3 is 0 Å². The zero-order chi connectivity index (χ0) is 19.8. The van der Waals surface area contributed by atoms with Gasteiger partial charge in [-0.15, -0.1) is 0 Å². The van der Waals surface area contributed by atoms with Crippen molar-refractivity contribution in [2.24, 2.45) is 5.10 Å². The van der Waals surface area contributed by atoms with Gasteiger partial charge in [-0.1, -0.05) is 22.0 Å². The first-order chi connectivity index (χ1) is 12.8. The zero-order valence-corrected chi connectivity index (χ0v) is 16.0. The molecule has 0 unspecified atom stereocenters. The molecule has 0 saturated carbocycles. The van der Waals surface area contributed by atoms with Gasteiger partial charge in [-0.05, 0) is 42.8 Å². The molecule has 8 nitrogen and oxygen atoms in total. The predicted molar refractivity (Wildman–Crippen MR) is 105 cm³/mol. The van der Waals surface area contributed by atoms with Crippen molar-refractivity contribution >= 4 is 44.8 Å². The Kier molecular flexibility index (Phi) is 7.18. The second kappa shape index (κ2) is 9.58. The third-order valence-electron chi connectivity index (χ3n) is 3.53. The summed E-state index contributed by atoms with van der Waals surface area (Å²) in [5.41, 5.74) is 4.14. The van der Waals surface area contributed by atoms with E-state index in [2.05, 4.69) is 31.8 Å². The van der Waals surface area contributed by atoms with Crippen LogP contribution in [0.5, 0.6) is 0 Å². The summed E-state index contributed by atoms with van der Waals surface area (Å²) in [6.45, 7) is 1.67. The van der Waals surface area contributed by atoms with Crippen LogP contribution < -0.4 is 10.7 Å². The highest BCUT2D eigenvalue weighted by Gasteiger charge is 2.08. The molecule has 0 aliphatic rings. The number of nitro benzene ring substituents is 1. The molecule has 2 aromatic rings. The summed E-state index contributed by atoms with van der Waals surface area (Å²) in [7, 11) is 0. The number of non-ortho nitro benzene ring substituents is 1. The number of hydrogen-bond acceptors (Lipinski definition) is 5. The van der Waals surface area contributed by atoms with Crippen molar-refractivity contribution in [2.45, 2.75) is 19.8 Å². The number of rotatable bonds is 7. The van der Waals surface area contributed by atoms with Crippen LogP contribution in [-0.2, 0) is 9.59 Å². The lowest BCUT2D eigenvalue weighted by Crippen LogP contribution is -2.21. The minimum atomic E-state index is -0.489. The summed E-state index contributed by atoms with van der Waals surface area (Å²) in [6.07, 6.45) is 0.00131. The second-order valence-electron chi connectivity index (χ2n) is 5.59. The number of hydrogen-bond donors (Lipinski definition) is 2. The number of nitrogens with zero attached hydrogens (tertiary/aromatic N) is 2. The van der Waals surface area contributed by atoms with Crippen LogP contribution >= 0.6 is 15.9 Å². The maximum Gasteiger partial charge on any atom is 0.269 e. The Morgan fingerprint density at radius 1 is 1.11 bits per heavy atom. The molecular formula is C18H17BrN4O4. The number of nitrogens with one attached hydrogen (secondary N) is 2. The van der Waals surface area contributed by atoms with Crippen LogP contribution in [0.3, 0.4) is 0 Å². The van der Waals surface area contributed by atoms with Gasteiger partial charge in [0.1, 0.15) is 0 Å². The van der Waals surface area contributed by atoms with E-state index >= 15 is 0 Å². The highest BCUT2D eigenvalue weighted by atomic mass is 79.9. The average molecular weight is 433 g/mol. The molecule has 0 radical (unpaired) electrons. The van der Waals surface area contributed by atoms with Crippen LogP contribution in [0, 0.1) is 10.1 Å². The van der Waals surface area contributed by atoms with Crippen LogP contribution in [0.2, 0.25) is 0 Å². The molecule has 0 aromatic heterocycles. The topological polar surface area (TPSA) is 114 Å². The number of carbonyl (C=O) groups is 2. The van der Waals surface area contributed by atoms with Gasteiger partial charge in [0.25, 0.3) is 5.69 Å². The molecule has 0 saturated heterocycles. The molecule has 9 heteroatoms. The van der Waals surface area contributed by atoms with E-state index in [9.17, 15) is 19.7 Å². The molecular weight excluding hydrogens is 416 g/mol. The Morgan fingerprint density at radius 3 is 2.41 bits per heavy atom. The first-order valence-corrected chi connectivity index (χ1v) is 8.78. The summed E-state index contributed by atoms with van der Waals surface area (Å²) in [5, 5.41) is 17.3. The number of amides is 2. The molecule has 2 aromatic carbocycles. The lowest BCUT2D eigenvalue weighted by Gasteiger charge is -2.06. The second-order valence-corrected chi connectivity index (χ2v) is 6.51. The molecule has 2 N–H and O–H groups in total. The first kappa shape index (κ1) is 20.2. The third kappa shape index (κ3) is 6.63. The Labute approximate surface area is 163 Å². The quantitative estimate of drug-likeness (QED) is 0.394. The smallest absolute Gasteiger partial charge is 0.269 e. The first-order valence-electron chi connectivity index (χ1n) is 7.98. The van der Waals surface area contributed by atoms with E-state index in [1.165, 1.54) is 12.1 Å². The molecule has 2 rings (SSSR count). The van der Waals surface area contributed by atoms with Gasteiger partial charge in [0.2, 0.25) is 11.8 Å². The fraction of sp³-hybridized carbons (Fsp3) is 0.167. The monoisotopic (exact) mass is 432 g/mol. The molecule has 27 heavy (non-hydrogen) atoms. The zero-order valence-electron chi connectivity index (χ0n) is 14.4. The van der Waals surface area contributed by atoms with Crippen molar-refractivity contribution in [3.8, 4) is 0 Å². The minimum absolute atomic E-state index is 0.0170. The number of nitro groups is 1. The molecule has 0 aliphatic carbocycles. The minimum Gasteiger partial charge on any atom is -0.326 e. The Balaban J connectivity index is 1.81. The van der Waals surface area contributed by atoms with E-state index < -0.39 is 10.8 Å². The predicted octanol–water partition coefficient (Wildman–Crippen LogP) is 3.62. The lowest BCUT2D eigenvalue weighted by atomic mass is 10.1. The summed E-state index contributed by atoms with van der Waals surface area (Å²) in [5.74, 6) is -0.681. The third-order valence-corrected chi connectivity index (χ3v) is 4.02. The molecule has 2 amide bonds. The highest BCUT2D eigenvalue weighted by molar-refractivity contribution is 9.10. The van der Waals surface area contributed by atoms with Crippen LogP contribution in [0.25, 0.3) is 0 Å². The maximum atomic E-state index is 11.9. The van der Waals surface area contributed by atoms with Gasteiger partial charge in [-0.2, -0.15) is 5.10 Å². The maximum absolute atomic E-state index is 11.9. The van der Waals surface area contributed by atoms with Gasteiger partial charge < -0.3 is 5.32 Å². The van der Waals surface area contributed by atoms with E-state index in [0.29, 0.717) is 17.0 Å². The number of halogens is 1. The van der Waals surface area contributed by atoms with E-state index in [0.717, 1.165) is 4.47 Å². The molecule has 0 spiro atoms. The summed E-state index contributed by atoms with van der Waals surface area (Å²) in [4.78, 5) is 33.9. The molecule has 0 heterocycles. The average Bonchev–Trinajstić information content (AvgIpc) is 2.64. The highest BCUT2D eigenvalue weighted by Crippen LogP contribution is 2.16. The van der Waals surface area contributed by atoms with Crippen LogP contribution in [0.4, 0.5) is 11.4 Å². The number of hydrazone groups is 1. The van der Waals surface area contributed by atoms with Gasteiger partial charge in [0, 0.05) is 35.1 Å². The van der Waals surface area contributed by atoms with Crippen LogP contribution in [0.1, 0.15) is 25.3 Å². The van der Waals surface area contributed by atoms with Crippen LogP contribution in [-0.4, -0.2) is 22.4 Å². The SMILES string of the molecule is C/C(=N\NC(=O)CCC(=O)Nc1cccc(Br)c1)c1ccc([N+](=O)[O-])cc1. The largest absolute Gasteiger partial charge is 0.326 e. The molecule has 0 fully saturated rings. The number of carbonyl (C=O) groups excluding carboxylic acids is 2. The van der Waals surface area contributed by atoms with E-state index in [1.54, 1.807) is 37.3 Å². The Morgan fingerprint density at radius 2 is 1.78 bits per heavy atom. The van der Waals surface area contributed by atoms with Crippen LogP contribution in [0.15, 0.2) is 58.1 Å². The van der Waals surface area contributed by atoms with Crippen molar-refractivity contribution in [1.82, 2.24) is 5.43 Å². The molecule has 0 bridgehead atoms. The fourth-order valence-corrected chi connectivity index (χ4v) is 2.51. The fourth-order valence-electron chi connectivity index (χ4n) is 2.11. The standard InChI is InChI=1S/C18H17BrN4O4/c1-12(13-5-7-16(8-6-13)23(26)27)21-22-18(25)10-9-17(24)20-15-4-2-3-14(19)11-15/h2-8,11H,9-10H2,1H3,(H,20,24)(H,22,25)/b21-12+. The lowest BCUT2D eigenvalue weighted by molar-refractivity contribution is -0.384. The summed E-state index contributed by atoms with van der Waals surface area (Å²) >= 11 is 3.32. The van der Waals surface area contributed by atoms with Crippen molar-refractivity contribution in [1.29, 1.82) is 0 Å². The normalized spacial score (nSPS) is 11.0. The van der Waals surface area contributed by atoms with E-state index in [4.69, 9.17) is 0 Å². The van der Waals surface area contributed by atoms with E-state index in [-0.39, 0.29) is 24.4 Å².